The highest BCUT2D eigenvalue weighted by Gasteiger charge is 2.55. The molecule has 0 fully saturated rings. The van der Waals surface area contributed by atoms with E-state index in [0.29, 0.717) is 52.5 Å². The number of nitrogens with zero attached hydrogens (tertiary/aromatic N) is 3. The van der Waals surface area contributed by atoms with Crippen LogP contribution >= 0.6 is 7.37 Å². The molecular weight excluding hydrogens is 533 g/mol. The Balaban J connectivity index is 0. The van der Waals surface area contributed by atoms with E-state index < -0.39 is 18.1 Å². The van der Waals surface area contributed by atoms with Crippen LogP contribution in [0.25, 0.3) is 0 Å². The van der Waals surface area contributed by atoms with Gasteiger partial charge in [0.15, 0.2) is 0 Å². The van der Waals surface area contributed by atoms with Gasteiger partial charge in [0, 0.05) is 39.3 Å². The van der Waals surface area contributed by atoms with Crippen LogP contribution in [-0.2, 0) is 23.3 Å². The van der Waals surface area contributed by atoms with Crippen LogP contribution in [0.3, 0.4) is 0 Å². The maximum absolute atomic E-state index is 14.6. The highest BCUT2D eigenvalue weighted by atomic mass is 31.2. The minimum atomic E-state index is -3.52. The lowest BCUT2D eigenvalue weighted by molar-refractivity contribution is -0.0206. The normalized spacial score (nSPS) is 13.5. The summed E-state index contributed by atoms with van der Waals surface area (Å²) in [4.78, 5) is 6.00. The van der Waals surface area contributed by atoms with Crippen LogP contribution in [0.1, 0.15) is 69.2 Å². The van der Waals surface area contributed by atoms with E-state index >= 15 is 0 Å². The topological polar surface area (TPSA) is 104 Å². The number of likely N-dealkylation sites (N-methyl/N-ethyl adjacent to an activating group) is 3. The molecule has 0 saturated carbocycles. The van der Waals surface area contributed by atoms with E-state index in [9.17, 15) is 4.57 Å². The molecule has 0 radical (unpaired) electrons. The molecule has 0 spiro atoms. The fourth-order valence-corrected chi connectivity index (χ4v) is 6.32. The molecule has 0 atom stereocenters. The van der Waals surface area contributed by atoms with E-state index in [1.807, 2.05) is 51.7 Å². The lowest BCUT2D eigenvalue weighted by Gasteiger charge is -2.43. The minimum Gasteiger partial charge on any atom is -0.395 e. The van der Waals surface area contributed by atoms with Crippen LogP contribution in [0.4, 0.5) is 0 Å². The molecule has 10 nitrogen and oxygen atoms in total. The third-order valence-electron chi connectivity index (χ3n) is 5.99. The van der Waals surface area contributed by atoms with Crippen molar-refractivity contribution in [3.8, 4) is 0 Å². The molecule has 11 heteroatoms. The van der Waals surface area contributed by atoms with Crippen molar-refractivity contribution in [2.75, 3.05) is 100 Å². The number of aliphatic hydroxyl groups excluding tert-OH is 2. The SMILES string of the molecule is CC(C)C.CN(CCO)CCOC(C)(C)P(=O)(OCCN(C)CCOC(C)(C)C)C(C)(C)OCCN(C)CCO. The smallest absolute Gasteiger partial charge is 0.263 e. The van der Waals surface area contributed by atoms with Crippen LogP contribution in [0.15, 0.2) is 0 Å². The Hall–Kier alpha value is -0.130. The molecule has 40 heavy (non-hydrogen) atoms. The molecule has 0 aliphatic rings. The summed E-state index contributed by atoms with van der Waals surface area (Å²) >= 11 is 0. The Morgan fingerprint density at radius 1 is 0.600 bits per heavy atom. The van der Waals surface area contributed by atoms with Gasteiger partial charge in [-0.1, -0.05) is 20.8 Å². The van der Waals surface area contributed by atoms with E-state index in [4.69, 9.17) is 28.9 Å². The summed E-state index contributed by atoms with van der Waals surface area (Å²) in [5, 5.41) is 16.1. The summed E-state index contributed by atoms with van der Waals surface area (Å²) in [5.74, 6) is 0.833. The zero-order valence-corrected chi connectivity index (χ0v) is 29.2. The van der Waals surface area contributed by atoms with Crippen molar-refractivity contribution in [2.24, 2.45) is 5.92 Å². The summed E-state index contributed by atoms with van der Waals surface area (Å²) in [6.45, 7) is 25.0. The summed E-state index contributed by atoms with van der Waals surface area (Å²) < 4.78 is 38.9. The molecule has 0 unspecified atom stereocenters. The van der Waals surface area contributed by atoms with Gasteiger partial charge in [0.05, 0.1) is 45.2 Å². The molecule has 244 valence electrons. The third kappa shape index (κ3) is 19.1. The number of rotatable bonds is 21. The van der Waals surface area contributed by atoms with Gasteiger partial charge in [-0.25, -0.2) is 0 Å². The van der Waals surface area contributed by atoms with Crippen molar-refractivity contribution < 1.29 is 33.5 Å². The Morgan fingerprint density at radius 3 is 1.23 bits per heavy atom. The molecular formula is C29H66N3O7P. The van der Waals surface area contributed by atoms with Gasteiger partial charge < -0.3 is 43.6 Å². The van der Waals surface area contributed by atoms with Gasteiger partial charge in [-0.2, -0.15) is 0 Å². The molecule has 0 aliphatic carbocycles. The molecule has 0 rings (SSSR count). The largest absolute Gasteiger partial charge is 0.395 e. The highest BCUT2D eigenvalue weighted by molar-refractivity contribution is 7.61. The maximum atomic E-state index is 14.6. The number of aliphatic hydroxyl groups is 2. The summed E-state index contributed by atoms with van der Waals surface area (Å²) in [5.41, 5.74) is -0.188. The molecule has 0 aromatic carbocycles. The van der Waals surface area contributed by atoms with Crippen molar-refractivity contribution in [2.45, 2.75) is 85.5 Å². The van der Waals surface area contributed by atoms with Gasteiger partial charge in [-0.15, -0.1) is 0 Å². The average molecular weight is 600 g/mol. The summed E-state index contributed by atoms with van der Waals surface area (Å²) in [7, 11) is 2.26. The second-order valence-corrected chi connectivity index (χ2v) is 16.5. The zero-order valence-electron chi connectivity index (χ0n) is 28.3. The van der Waals surface area contributed by atoms with E-state index in [1.54, 1.807) is 27.7 Å². The predicted octanol–water partition coefficient (Wildman–Crippen LogP) is 4.04. The highest BCUT2D eigenvalue weighted by Crippen LogP contribution is 2.68. The Morgan fingerprint density at radius 2 is 0.900 bits per heavy atom. The first-order valence-electron chi connectivity index (χ1n) is 14.7. The van der Waals surface area contributed by atoms with Gasteiger partial charge in [-0.3, -0.25) is 4.57 Å². The van der Waals surface area contributed by atoms with Gasteiger partial charge in [-0.05, 0) is 75.5 Å². The molecule has 2 N–H and O–H groups in total. The van der Waals surface area contributed by atoms with Crippen molar-refractivity contribution in [3.05, 3.63) is 0 Å². The standard InChI is InChI=1S/C25H56N3O7P.C4H10/c1-23(2,3)32-19-13-28(10)16-22-35-36(31,24(4,5)33-20-14-26(8)11-17-29)25(6,7)34-21-15-27(9)12-18-30;1-4(2)3/h29-30H,11-22H2,1-10H3;4H,1-3H3. The predicted molar refractivity (Wildman–Crippen MR) is 167 cm³/mol. The van der Waals surface area contributed by atoms with Crippen molar-refractivity contribution in [1.82, 2.24) is 14.7 Å². The van der Waals surface area contributed by atoms with Gasteiger partial charge >= 0.3 is 0 Å². The average Bonchev–Trinajstić information content (AvgIpc) is 2.77. The number of hydrogen-bond donors (Lipinski definition) is 2. The van der Waals surface area contributed by atoms with Crippen molar-refractivity contribution in [1.29, 1.82) is 0 Å². The maximum Gasteiger partial charge on any atom is 0.263 e. The van der Waals surface area contributed by atoms with Crippen LogP contribution in [0.2, 0.25) is 0 Å². The summed E-state index contributed by atoms with van der Waals surface area (Å²) in [6, 6.07) is 0. The first-order chi connectivity index (χ1) is 18.2. The molecule has 0 aromatic heterocycles. The lowest BCUT2D eigenvalue weighted by atomic mass is 10.2. The van der Waals surface area contributed by atoms with Gasteiger partial charge in [0.25, 0.3) is 7.37 Å². The quantitative estimate of drug-likeness (QED) is 0.188. The van der Waals surface area contributed by atoms with Gasteiger partial charge in [0.2, 0.25) is 0 Å². The molecule has 0 heterocycles. The van der Waals surface area contributed by atoms with Crippen molar-refractivity contribution >= 4 is 7.37 Å². The first-order valence-corrected chi connectivity index (χ1v) is 16.3. The van der Waals surface area contributed by atoms with Crippen LogP contribution in [0, 0.1) is 5.92 Å². The van der Waals surface area contributed by atoms with E-state index in [-0.39, 0.29) is 25.4 Å². The zero-order chi connectivity index (χ0) is 31.6. The molecule has 0 amide bonds. The number of hydrogen-bond acceptors (Lipinski definition) is 10. The van der Waals surface area contributed by atoms with E-state index in [2.05, 4.69) is 25.7 Å². The van der Waals surface area contributed by atoms with Crippen LogP contribution in [0.5, 0.6) is 0 Å². The van der Waals surface area contributed by atoms with E-state index in [0.717, 1.165) is 12.5 Å². The minimum absolute atomic E-state index is 0.0708. The van der Waals surface area contributed by atoms with Crippen molar-refractivity contribution in [3.63, 3.8) is 0 Å². The molecule has 0 bridgehead atoms. The Kier molecular flexibility index (Phi) is 21.8. The van der Waals surface area contributed by atoms with E-state index in [1.165, 1.54) is 0 Å². The fraction of sp³-hybridized carbons (Fsp3) is 1.00. The second-order valence-electron chi connectivity index (χ2n) is 13.0. The fourth-order valence-electron chi connectivity index (χ4n) is 3.54. The van der Waals surface area contributed by atoms with Crippen LogP contribution < -0.4 is 0 Å². The lowest BCUT2D eigenvalue weighted by Crippen LogP contribution is -2.41. The molecule has 0 saturated heterocycles. The van der Waals surface area contributed by atoms with Gasteiger partial charge in [0.1, 0.15) is 10.7 Å². The first kappa shape index (κ1) is 42.0. The summed E-state index contributed by atoms with van der Waals surface area (Å²) in [6.07, 6.45) is 0. The monoisotopic (exact) mass is 599 g/mol. The Bertz CT molecular complexity index is 636. The number of ether oxygens (including phenoxy) is 3. The molecule has 0 aliphatic heterocycles. The van der Waals surface area contributed by atoms with Crippen LogP contribution in [-0.4, -0.2) is 141 Å². The molecule has 0 aromatic rings. The second kappa shape index (κ2) is 20.7. The Labute approximate surface area is 247 Å². The third-order valence-corrected chi connectivity index (χ3v) is 9.63.